The molecule has 1 heterocycles. The maximum Gasteiger partial charge on any atom is 0.335 e. The molecule has 0 radical (unpaired) electrons. The largest absolute Gasteiger partial charge is 0.478 e. The first-order valence-corrected chi connectivity index (χ1v) is 5.64. The van der Waals surface area contributed by atoms with Gasteiger partial charge in [0.2, 0.25) is 0 Å². The lowest BCUT2D eigenvalue weighted by molar-refractivity contribution is 0.0696. The van der Waals surface area contributed by atoms with E-state index in [1.165, 1.54) is 12.1 Å². The van der Waals surface area contributed by atoms with Crippen LogP contribution in [0.1, 0.15) is 26.4 Å². The Labute approximate surface area is 109 Å². The van der Waals surface area contributed by atoms with Gasteiger partial charge in [0.15, 0.2) is 0 Å². The Morgan fingerprint density at radius 2 is 1.84 bits per heavy atom. The number of carbonyl (C=O) groups is 2. The molecule has 96 valence electrons. The first-order valence-electron chi connectivity index (χ1n) is 5.64. The summed E-state index contributed by atoms with van der Waals surface area (Å²) in [5, 5.41) is 11.5. The smallest absolute Gasteiger partial charge is 0.335 e. The van der Waals surface area contributed by atoms with Crippen molar-refractivity contribution in [2.75, 3.05) is 5.32 Å². The minimum absolute atomic E-state index is 0.176. The summed E-state index contributed by atoms with van der Waals surface area (Å²) in [6, 6.07) is 9.35. The molecule has 2 aromatic rings. The van der Waals surface area contributed by atoms with Gasteiger partial charge in [0.25, 0.3) is 5.91 Å². The van der Waals surface area contributed by atoms with Crippen molar-refractivity contribution in [1.82, 2.24) is 4.98 Å². The molecular formula is C14H12N2O3. The van der Waals surface area contributed by atoms with E-state index in [1.807, 2.05) is 0 Å². The molecule has 5 nitrogen and oxygen atoms in total. The van der Waals surface area contributed by atoms with Crippen LogP contribution in [0.2, 0.25) is 0 Å². The predicted molar refractivity (Wildman–Crippen MR) is 70.3 cm³/mol. The van der Waals surface area contributed by atoms with Gasteiger partial charge in [0, 0.05) is 17.6 Å². The maximum atomic E-state index is 12.0. The van der Waals surface area contributed by atoms with Crippen LogP contribution in [0, 0.1) is 6.92 Å². The second-order valence-electron chi connectivity index (χ2n) is 3.97. The predicted octanol–water partition coefficient (Wildman–Crippen LogP) is 2.34. The minimum Gasteiger partial charge on any atom is -0.478 e. The molecule has 0 aliphatic carbocycles. The van der Waals surface area contributed by atoms with E-state index < -0.39 is 5.97 Å². The summed E-state index contributed by atoms with van der Waals surface area (Å²) in [5.74, 6) is -1.27. The third-order valence-corrected chi connectivity index (χ3v) is 2.64. The molecule has 0 atom stereocenters. The molecule has 0 aliphatic rings. The summed E-state index contributed by atoms with van der Waals surface area (Å²) in [6.07, 6.45) is 1.62. The van der Waals surface area contributed by atoms with Gasteiger partial charge in [-0.1, -0.05) is 0 Å². The van der Waals surface area contributed by atoms with Gasteiger partial charge < -0.3 is 10.4 Å². The van der Waals surface area contributed by atoms with Crippen molar-refractivity contribution in [2.45, 2.75) is 6.92 Å². The van der Waals surface area contributed by atoms with Crippen molar-refractivity contribution in [2.24, 2.45) is 0 Å². The Hall–Kier alpha value is -2.69. The fourth-order valence-corrected chi connectivity index (χ4v) is 1.62. The monoisotopic (exact) mass is 256 g/mol. The van der Waals surface area contributed by atoms with E-state index in [2.05, 4.69) is 10.3 Å². The van der Waals surface area contributed by atoms with Gasteiger partial charge >= 0.3 is 5.97 Å². The molecule has 1 aromatic carbocycles. The topological polar surface area (TPSA) is 79.3 Å². The summed E-state index contributed by atoms with van der Waals surface area (Å²) >= 11 is 0. The van der Waals surface area contributed by atoms with Crippen LogP contribution >= 0.6 is 0 Å². The molecule has 0 unspecified atom stereocenters. The zero-order chi connectivity index (χ0) is 13.8. The van der Waals surface area contributed by atoms with Crippen molar-refractivity contribution in [1.29, 1.82) is 0 Å². The van der Waals surface area contributed by atoms with E-state index in [-0.39, 0.29) is 11.5 Å². The summed E-state index contributed by atoms with van der Waals surface area (Å²) < 4.78 is 0. The molecular weight excluding hydrogens is 244 g/mol. The zero-order valence-electron chi connectivity index (χ0n) is 10.3. The molecule has 1 aromatic heterocycles. The van der Waals surface area contributed by atoms with Crippen LogP contribution in [0.3, 0.4) is 0 Å². The number of nitrogens with one attached hydrogen (secondary N) is 1. The first-order chi connectivity index (χ1) is 9.08. The number of aromatic nitrogens is 1. The van der Waals surface area contributed by atoms with E-state index in [9.17, 15) is 9.59 Å². The van der Waals surface area contributed by atoms with Gasteiger partial charge in [-0.3, -0.25) is 9.78 Å². The van der Waals surface area contributed by atoms with Gasteiger partial charge in [-0.05, 0) is 43.3 Å². The quantitative estimate of drug-likeness (QED) is 0.883. The van der Waals surface area contributed by atoms with Crippen molar-refractivity contribution in [3.8, 4) is 0 Å². The highest BCUT2D eigenvalue weighted by Gasteiger charge is 2.09. The molecule has 5 heteroatoms. The van der Waals surface area contributed by atoms with Crippen LogP contribution < -0.4 is 5.32 Å². The average molecular weight is 256 g/mol. The van der Waals surface area contributed by atoms with Crippen LogP contribution in [-0.4, -0.2) is 22.0 Å². The van der Waals surface area contributed by atoms with Crippen molar-refractivity contribution in [3.05, 3.63) is 59.4 Å². The number of carbonyl (C=O) groups excluding carboxylic acids is 1. The number of benzene rings is 1. The number of carboxylic acid groups (broad SMARTS) is 1. The van der Waals surface area contributed by atoms with Gasteiger partial charge in [-0.2, -0.15) is 0 Å². The van der Waals surface area contributed by atoms with Crippen molar-refractivity contribution >= 4 is 17.6 Å². The van der Waals surface area contributed by atoms with E-state index >= 15 is 0 Å². The summed E-state index contributed by atoms with van der Waals surface area (Å²) in [4.78, 5) is 26.7. The maximum absolute atomic E-state index is 12.0. The van der Waals surface area contributed by atoms with Crippen LogP contribution in [0.4, 0.5) is 5.69 Å². The number of aromatic carboxylic acids is 1. The van der Waals surface area contributed by atoms with Gasteiger partial charge in [-0.25, -0.2) is 4.79 Å². The lowest BCUT2D eigenvalue weighted by Gasteiger charge is -2.07. The average Bonchev–Trinajstić information content (AvgIpc) is 2.39. The van der Waals surface area contributed by atoms with Crippen molar-refractivity contribution in [3.63, 3.8) is 0 Å². The highest BCUT2D eigenvalue weighted by Crippen LogP contribution is 2.12. The van der Waals surface area contributed by atoms with Crippen LogP contribution in [-0.2, 0) is 0 Å². The summed E-state index contributed by atoms with van der Waals surface area (Å²) in [6.45, 7) is 1.75. The summed E-state index contributed by atoms with van der Waals surface area (Å²) in [7, 11) is 0. The third kappa shape index (κ3) is 2.95. The molecule has 0 spiro atoms. The van der Waals surface area contributed by atoms with E-state index in [4.69, 9.17) is 5.11 Å². The number of hydrogen-bond donors (Lipinski definition) is 2. The van der Waals surface area contributed by atoms with E-state index in [0.29, 0.717) is 16.9 Å². The standard InChI is InChI=1S/C14H12N2O3/c1-9-12(3-2-8-15-9)13(17)16-11-6-4-10(5-7-11)14(18)19/h2-8H,1H3,(H,16,17)(H,18,19). The number of amides is 1. The Bertz CT molecular complexity index is 621. The Morgan fingerprint density at radius 3 is 2.42 bits per heavy atom. The number of hydrogen-bond acceptors (Lipinski definition) is 3. The van der Waals surface area contributed by atoms with Crippen LogP contribution in [0.25, 0.3) is 0 Å². The minimum atomic E-state index is -0.999. The molecule has 19 heavy (non-hydrogen) atoms. The number of anilines is 1. The van der Waals surface area contributed by atoms with Crippen LogP contribution in [0.15, 0.2) is 42.6 Å². The molecule has 1 amide bonds. The van der Waals surface area contributed by atoms with E-state index in [1.54, 1.807) is 37.4 Å². The lowest BCUT2D eigenvalue weighted by Crippen LogP contribution is -2.14. The van der Waals surface area contributed by atoms with Gasteiger partial charge in [0.05, 0.1) is 11.1 Å². The van der Waals surface area contributed by atoms with Gasteiger partial charge in [0.1, 0.15) is 0 Å². The molecule has 0 aliphatic heterocycles. The fraction of sp³-hybridized carbons (Fsp3) is 0.0714. The molecule has 0 fully saturated rings. The second-order valence-corrected chi connectivity index (χ2v) is 3.97. The zero-order valence-corrected chi connectivity index (χ0v) is 10.3. The number of rotatable bonds is 3. The van der Waals surface area contributed by atoms with Gasteiger partial charge in [-0.15, -0.1) is 0 Å². The fourth-order valence-electron chi connectivity index (χ4n) is 1.62. The first kappa shape index (κ1) is 12.8. The second kappa shape index (κ2) is 5.30. The normalized spacial score (nSPS) is 9.95. The molecule has 2 N–H and O–H groups in total. The molecule has 0 saturated heterocycles. The third-order valence-electron chi connectivity index (χ3n) is 2.64. The Morgan fingerprint density at radius 1 is 1.16 bits per heavy atom. The SMILES string of the molecule is Cc1ncccc1C(=O)Nc1ccc(C(=O)O)cc1. The number of nitrogens with zero attached hydrogens (tertiary/aromatic N) is 1. The van der Waals surface area contributed by atoms with Crippen LogP contribution in [0.5, 0.6) is 0 Å². The Kier molecular flexibility index (Phi) is 3.56. The highest BCUT2D eigenvalue weighted by atomic mass is 16.4. The Balaban J connectivity index is 2.15. The summed E-state index contributed by atoms with van der Waals surface area (Å²) in [5.41, 5.74) is 1.85. The van der Waals surface area contributed by atoms with Crippen molar-refractivity contribution < 1.29 is 14.7 Å². The molecule has 0 bridgehead atoms. The molecule has 2 rings (SSSR count). The number of aryl methyl sites for hydroxylation is 1. The number of carboxylic acids is 1. The van der Waals surface area contributed by atoms with E-state index in [0.717, 1.165) is 0 Å². The number of pyridine rings is 1. The highest BCUT2D eigenvalue weighted by molar-refractivity contribution is 6.05. The molecule has 0 saturated carbocycles. The lowest BCUT2D eigenvalue weighted by atomic mass is 10.1.